The van der Waals surface area contributed by atoms with Crippen molar-refractivity contribution in [2.45, 2.75) is 6.92 Å². The molecule has 0 atom stereocenters. The van der Waals surface area contributed by atoms with E-state index in [9.17, 15) is 0 Å². The van der Waals surface area contributed by atoms with Crippen LogP contribution in [0.5, 0.6) is 5.75 Å². The van der Waals surface area contributed by atoms with Gasteiger partial charge < -0.3 is 10.1 Å². The second-order valence-electron chi connectivity index (χ2n) is 3.68. The molecule has 0 aliphatic heterocycles. The lowest BCUT2D eigenvalue weighted by Crippen LogP contribution is -2.15. The van der Waals surface area contributed by atoms with Crippen LogP contribution in [0.1, 0.15) is 12.5 Å². The Morgan fingerprint density at radius 3 is 2.62 bits per heavy atom. The Bertz CT molecular complexity index is 352. The summed E-state index contributed by atoms with van der Waals surface area (Å²) in [4.78, 5) is 0. The third-order valence-electron chi connectivity index (χ3n) is 2.22. The largest absolute Gasteiger partial charge is 0.497 e. The fraction of sp³-hybridized carbons (Fsp3) is 0.286. The van der Waals surface area contributed by atoms with Crippen LogP contribution in [0.3, 0.4) is 0 Å². The van der Waals surface area contributed by atoms with E-state index in [0.29, 0.717) is 0 Å². The van der Waals surface area contributed by atoms with Gasteiger partial charge >= 0.3 is 0 Å². The van der Waals surface area contributed by atoms with Crippen molar-refractivity contribution < 1.29 is 4.74 Å². The summed E-state index contributed by atoms with van der Waals surface area (Å²) in [5, 5.41) is 3.27. The topological polar surface area (TPSA) is 21.3 Å². The molecule has 0 amide bonds. The zero-order valence-electron chi connectivity index (χ0n) is 9.99. The van der Waals surface area contributed by atoms with Crippen LogP contribution in [0.15, 0.2) is 42.5 Å². The molecule has 0 bridgehead atoms. The van der Waals surface area contributed by atoms with Gasteiger partial charge in [-0.15, -0.1) is 6.58 Å². The molecule has 1 aromatic carbocycles. The number of rotatable bonds is 6. The van der Waals surface area contributed by atoms with Crippen LogP contribution in [0, 0.1) is 0 Å². The quantitative estimate of drug-likeness (QED) is 0.584. The van der Waals surface area contributed by atoms with Crippen molar-refractivity contribution >= 4 is 6.08 Å². The zero-order valence-corrected chi connectivity index (χ0v) is 9.99. The van der Waals surface area contributed by atoms with E-state index in [4.69, 9.17) is 4.74 Å². The van der Waals surface area contributed by atoms with Gasteiger partial charge in [0, 0.05) is 13.1 Å². The highest BCUT2D eigenvalue weighted by atomic mass is 16.5. The van der Waals surface area contributed by atoms with Crippen molar-refractivity contribution in [2.75, 3.05) is 20.2 Å². The van der Waals surface area contributed by atoms with E-state index in [2.05, 4.69) is 37.0 Å². The molecule has 0 aromatic heterocycles. The maximum Gasteiger partial charge on any atom is 0.118 e. The second kappa shape index (κ2) is 6.85. The lowest BCUT2D eigenvalue weighted by molar-refractivity contribution is 0.415. The highest BCUT2D eigenvalue weighted by molar-refractivity contribution is 5.53. The standard InChI is InChI=1S/C14H19NO/c1-4-9-15-11-12(2)10-13-5-7-14(16-3)8-6-13/h4-8,10,15H,1,9,11H2,2-3H3. The lowest BCUT2D eigenvalue weighted by atomic mass is 10.1. The number of hydrogen-bond acceptors (Lipinski definition) is 2. The predicted molar refractivity (Wildman–Crippen MR) is 69.7 cm³/mol. The molecule has 0 saturated heterocycles. The van der Waals surface area contributed by atoms with Crippen LogP contribution in [0.25, 0.3) is 6.08 Å². The van der Waals surface area contributed by atoms with Crippen LogP contribution < -0.4 is 10.1 Å². The van der Waals surface area contributed by atoms with Gasteiger partial charge in [-0.2, -0.15) is 0 Å². The van der Waals surface area contributed by atoms with Crippen LogP contribution >= 0.6 is 0 Å². The minimum Gasteiger partial charge on any atom is -0.497 e. The SMILES string of the molecule is C=CCNCC(C)=Cc1ccc(OC)cc1. The Balaban J connectivity index is 2.55. The third-order valence-corrected chi connectivity index (χ3v) is 2.22. The average molecular weight is 217 g/mol. The van der Waals surface area contributed by atoms with Gasteiger partial charge in [0.25, 0.3) is 0 Å². The van der Waals surface area contributed by atoms with Crippen LogP contribution in [-0.4, -0.2) is 20.2 Å². The van der Waals surface area contributed by atoms with Gasteiger partial charge in [0.15, 0.2) is 0 Å². The summed E-state index contributed by atoms with van der Waals surface area (Å²) in [6.45, 7) is 7.50. The van der Waals surface area contributed by atoms with Gasteiger partial charge in [0.05, 0.1) is 7.11 Å². The molecule has 0 unspecified atom stereocenters. The first kappa shape index (κ1) is 12.5. The van der Waals surface area contributed by atoms with Crippen molar-refractivity contribution in [3.8, 4) is 5.75 Å². The molecule has 0 aliphatic carbocycles. The van der Waals surface area contributed by atoms with Gasteiger partial charge in [-0.1, -0.05) is 29.9 Å². The zero-order chi connectivity index (χ0) is 11.8. The monoisotopic (exact) mass is 217 g/mol. The van der Waals surface area contributed by atoms with E-state index in [1.54, 1.807) is 7.11 Å². The molecule has 0 aliphatic rings. The molecule has 1 rings (SSSR count). The number of benzene rings is 1. The third kappa shape index (κ3) is 4.32. The van der Waals surface area contributed by atoms with Gasteiger partial charge in [0.2, 0.25) is 0 Å². The lowest BCUT2D eigenvalue weighted by Gasteiger charge is -2.03. The molecule has 0 radical (unpaired) electrons. The van der Waals surface area contributed by atoms with Crippen molar-refractivity contribution in [3.63, 3.8) is 0 Å². The molecule has 0 fully saturated rings. The first-order valence-corrected chi connectivity index (χ1v) is 5.39. The molecule has 86 valence electrons. The van der Waals surface area contributed by atoms with E-state index < -0.39 is 0 Å². The molecular weight excluding hydrogens is 198 g/mol. The summed E-state index contributed by atoms with van der Waals surface area (Å²) in [7, 11) is 1.68. The van der Waals surface area contributed by atoms with E-state index in [1.807, 2.05) is 18.2 Å². The molecule has 2 nitrogen and oxygen atoms in total. The van der Waals surface area contributed by atoms with E-state index in [-0.39, 0.29) is 0 Å². The van der Waals surface area contributed by atoms with Crippen molar-refractivity contribution in [1.29, 1.82) is 0 Å². The summed E-state index contributed by atoms with van der Waals surface area (Å²) < 4.78 is 5.11. The summed E-state index contributed by atoms with van der Waals surface area (Å²) in [6.07, 6.45) is 4.02. The Kier molecular flexibility index (Phi) is 5.37. The summed E-state index contributed by atoms with van der Waals surface area (Å²) in [6, 6.07) is 8.04. The first-order chi connectivity index (χ1) is 7.76. The van der Waals surface area contributed by atoms with Gasteiger partial charge in [-0.05, 0) is 24.6 Å². The van der Waals surface area contributed by atoms with E-state index in [1.165, 1.54) is 11.1 Å². The Morgan fingerprint density at radius 1 is 1.38 bits per heavy atom. The van der Waals surface area contributed by atoms with Crippen molar-refractivity contribution in [1.82, 2.24) is 5.32 Å². The molecule has 1 aromatic rings. The average Bonchev–Trinajstić information content (AvgIpc) is 2.30. The molecule has 2 heteroatoms. The smallest absolute Gasteiger partial charge is 0.118 e. The van der Waals surface area contributed by atoms with E-state index >= 15 is 0 Å². The normalized spacial score (nSPS) is 11.2. The molecule has 0 heterocycles. The van der Waals surface area contributed by atoms with Crippen molar-refractivity contribution in [3.05, 3.63) is 48.1 Å². The van der Waals surface area contributed by atoms with Crippen LogP contribution in [-0.2, 0) is 0 Å². The molecule has 1 N–H and O–H groups in total. The highest BCUT2D eigenvalue weighted by Gasteiger charge is 1.93. The molecule has 16 heavy (non-hydrogen) atoms. The minimum absolute atomic E-state index is 0.841. The first-order valence-electron chi connectivity index (χ1n) is 5.39. The molecule has 0 saturated carbocycles. The Hall–Kier alpha value is -1.54. The number of nitrogens with one attached hydrogen (secondary N) is 1. The molecular formula is C14H19NO. The van der Waals surface area contributed by atoms with E-state index in [0.717, 1.165) is 18.8 Å². The Labute approximate surface area is 97.6 Å². The number of hydrogen-bond donors (Lipinski definition) is 1. The van der Waals surface area contributed by atoms with Gasteiger partial charge in [-0.25, -0.2) is 0 Å². The summed E-state index contributed by atoms with van der Waals surface area (Å²) in [5.41, 5.74) is 2.49. The molecule has 0 spiro atoms. The fourth-order valence-corrected chi connectivity index (χ4v) is 1.41. The summed E-state index contributed by atoms with van der Waals surface area (Å²) >= 11 is 0. The predicted octanol–water partition coefficient (Wildman–Crippen LogP) is 2.87. The van der Waals surface area contributed by atoms with Gasteiger partial charge in [0.1, 0.15) is 5.75 Å². The van der Waals surface area contributed by atoms with Gasteiger partial charge in [-0.3, -0.25) is 0 Å². The fourth-order valence-electron chi connectivity index (χ4n) is 1.41. The van der Waals surface area contributed by atoms with Crippen LogP contribution in [0.4, 0.5) is 0 Å². The maximum absolute atomic E-state index is 5.11. The Morgan fingerprint density at radius 2 is 2.06 bits per heavy atom. The minimum atomic E-state index is 0.841. The summed E-state index contributed by atoms with van der Waals surface area (Å²) in [5.74, 6) is 0.889. The highest BCUT2D eigenvalue weighted by Crippen LogP contribution is 2.13. The van der Waals surface area contributed by atoms with Crippen molar-refractivity contribution in [2.24, 2.45) is 0 Å². The number of methoxy groups -OCH3 is 1. The van der Waals surface area contributed by atoms with Crippen LogP contribution in [0.2, 0.25) is 0 Å². The second-order valence-corrected chi connectivity index (χ2v) is 3.68. The maximum atomic E-state index is 5.11. The number of ether oxygens (including phenoxy) is 1.